The van der Waals surface area contributed by atoms with Crippen LogP contribution >= 0.6 is 0 Å². The summed E-state index contributed by atoms with van der Waals surface area (Å²) in [5, 5.41) is 0. The Morgan fingerprint density at radius 1 is 0.958 bits per heavy atom. The number of ether oxygens (including phenoxy) is 1. The lowest BCUT2D eigenvalue weighted by Crippen LogP contribution is -2.47. The molecule has 0 aliphatic heterocycles. The Kier molecular flexibility index (Phi) is 5.58. The molecule has 0 heterocycles. The van der Waals surface area contributed by atoms with Gasteiger partial charge in [-0.25, -0.2) is 0 Å². The molecule has 0 aliphatic carbocycles. The molecule has 126 valence electrons. The molecule has 2 rings (SSSR count). The highest BCUT2D eigenvalue weighted by atomic mass is 16.5. The van der Waals surface area contributed by atoms with Crippen molar-refractivity contribution >= 4 is 11.8 Å². The minimum absolute atomic E-state index is 0.361. The van der Waals surface area contributed by atoms with Gasteiger partial charge in [-0.3, -0.25) is 20.4 Å². The van der Waals surface area contributed by atoms with Gasteiger partial charge < -0.3 is 4.74 Å². The van der Waals surface area contributed by atoms with Crippen LogP contribution in [0.15, 0.2) is 42.5 Å². The normalized spacial score (nSPS) is 11.5. The molecule has 1 unspecified atom stereocenters. The van der Waals surface area contributed by atoms with E-state index in [0.717, 1.165) is 16.7 Å². The Balaban J connectivity index is 1.93. The molecule has 0 fully saturated rings. The maximum atomic E-state index is 12.1. The van der Waals surface area contributed by atoms with E-state index in [1.807, 2.05) is 51.1 Å². The molecule has 0 bridgehead atoms. The fourth-order valence-corrected chi connectivity index (χ4v) is 2.19. The molecule has 0 radical (unpaired) electrons. The van der Waals surface area contributed by atoms with Gasteiger partial charge in [-0.15, -0.1) is 0 Å². The van der Waals surface area contributed by atoms with E-state index < -0.39 is 12.0 Å². The van der Waals surface area contributed by atoms with E-state index in [2.05, 4.69) is 10.9 Å². The van der Waals surface area contributed by atoms with Crippen LogP contribution < -0.4 is 15.6 Å². The van der Waals surface area contributed by atoms with Crippen molar-refractivity contribution in [3.8, 4) is 5.75 Å². The van der Waals surface area contributed by atoms with Crippen molar-refractivity contribution in [3.05, 3.63) is 64.7 Å². The van der Waals surface area contributed by atoms with Crippen molar-refractivity contribution in [2.24, 2.45) is 0 Å². The molecular formula is C19H22N2O3. The number of nitrogens with one attached hydrogen (secondary N) is 2. The van der Waals surface area contributed by atoms with Crippen molar-refractivity contribution in [3.63, 3.8) is 0 Å². The molecule has 0 saturated heterocycles. The van der Waals surface area contributed by atoms with Gasteiger partial charge in [0.15, 0.2) is 6.10 Å². The molecule has 0 saturated carbocycles. The first-order valence-electron chi connectivity index (χ1n) is 7.78. The number of aryl methyl sites for hydroxylation is 3. The summed E-state index contributed by atoms with van der Waals surface area (Å²) in [6.07, 6.45) is -0.734. The highest BCUT2D eigenvalue weighted by Gasteiger charge is 2.17. The molecule has 1 atom stereocenters. The number of carbonyl (C=O) groups excluding carboxylic acids is 2. The van der Waals surface area contributed by atoms with Crippen LogP contribution in [-0.2, 0) is 4.79 Å². The maximum Gasteiger partial charge on any atom is 0.279 e. The van der Waals surface area contributed by atoms with Gasteiger partial charge >= 0.3 is 0 Å². The van der Waals surface area contributed by atoms with Crippen LogP contribution in [0, 0.1) is 20.8 Å². The molecule has 2 aromatic rings. The average Bonchev–Trinajstić information content (AvgIpc) is 2.56. The Hall–Kier alpha value is -2.82. The van der Waals surface area contributed by atoms with E-state index in [4.69, 9.17) is 4.74 Å². The fraction of sp³-hybridized carbons (Fsp3) is 0.263. The molecule has 24 heavy (non-hydrogen) atoms. The third kappa shape index (κ3) is 4.35. The second kappa shape index (κ2) is 7.64. The monoisotopic (exact) mass is 326 g/mol. The van der Waals surface area contributed by atoms with Crippen LogP contribution in [0.25, 0.3) is 0 Å². The summed E-state index contributed by atoms with van der Waals surface area (Å²) in [5.41, 5.74) is 8.16. The summed E-state index contributed by atoms with van der Waals surface area (Å²) in [7, 11) is 0. The van der Waals surface area contributed by atoms with Crippen LogP contribution in [0.4, 0.5) is 0 Å². The first kappa shape index (κ1) is 17.5. The Bertz CT molecular complexity index is 756. The molecule has 0 spiro atoms. The molecule has 2 N–H and O–H groups in total. The number of carbonyl (C=O) groups is 2. The lowest BCUT2D eigenvalue weighted by atomic mass is 10.1. The number of hydrogen-bond acceptors (Lipinski definition) is 3. The summed E-state index contributed by atoms with van der Waals surface area (Å²) in [5.74, 6) is -0.124. The van der Waals surface area contributed by atoms with E-state index in [1.54, 1.807) is 19.1 Å². The van der Waals surface area contributed by atoms with Crippen LogP contribution in [0.2, 0.25) is 0 Å². The van der Waals surface area contributed by atoms with Crippen molar-refractivity contribution in [1.82, 2.24) is 10.9 Å². The SMILES string of the molecule is Cc1ccc(C)c(OC(C)C(=O)NNC(=O)c2ccccc2C)c1. The fourth-order valence-electron chi connectivity index (χ4n) is 2.19. The number of benzene rings is 2. The van der Waals surface area contributed by atoms with E-state index in [-0.39, 0.29) is 5.91 Å². The first-order valence-corrected chi connectivity index (χ1v) is 7.78. The van der Waals surface area contributed by atoms with Gasteiger partial charge in [-0.1, -0.05) is 30.3 Å². The van der Waals surface area contributed by atoms with Crippen LogP contribution in [0.1, 0.15) is 34.0 Å². The van der Waals surface area contributed by atoms with Crippen LogP contribution in [0.5, 0.6) is 5.75 Å². The predicted octanol–water partition coefficient (Wildman–Crippen LogP) is 2.84. The van der Waals surface area contributed by atoms with E-state index in [9.17, 15) is 9.59 Å². The van der Waals surface area contributed by atoms with Crippen molar-refractivity contribution in [1.29, 1.82) is 0 Å². The van der Waals surface area contributed by atoms with Gasteiger partial charge in [0.25, 0.3) is 11.8 Å². The molecule has 2 amide bonds. The summed E-state index contributed by atoms with van der Waals surface area (Å²) >= 11 is 0. The van der Waals surface area contributed by atoms with Gasteiger partial charge in [-0.05, 0) is 56.5 Å². The Morgan fingerprint density at radius 3 is 2.38 bits per heavy atom. The molecular weight excluding hydrogens is 304 g/mol. The summed E-state index contributed by atoms with van der Waals surface area (Å²) in [4.78, 5) is 24.2. The number of amides is 2. The number of rotatable bonds is 4. The number of hydrazine groups is 1. The summed E-state index contributed by atoms with van der Waals surface area (Å²) in [6, 6.07) is 13.0. The van der Waals surface area contributed by atoms with E-state index in [0.29, 0.717) is 11.3 Å². The lowest BCUT2D eigenvalue weighted by Gasteiger charge is -2.17. The van der Waals surface area contributed by atoms with Gasteiger partial charge in [0.1, 0.15) is 5.75 Å². The van der Waals surface area contributed by atoms with Gasteiger partial charge in [0.05, 0.1) is 0 Å². The van der Waals surface area contributed by atoms with Gasteiger partial charge in [0, 0.05) is 5.56 Å². The third-order valence-electron chi connectivity index (χ3n) is 3.71. The predicted molar refractivity (Wildman–Crippen MR) is 92.8 cm³/mol. The Labute approximate surface area is 142 Å². The summed E-state index contributed by atoms with van der Waals surface area (Å²) in [6.45, 7) is 7.35. The third-order valence-corrected chi connectivity index (χ3v) is 3.71. The first-order chi connectivity index (χ1) is 11.4. The highest BCUT2D eigenvalue weighted by molar-refractivity contribution is 5.96. The number of hydrogen-bond donors (Lipinski definition) is 2. The molecule has 5 heteroatoms. The molecule has 0 aromatic heterocycles. The second-order valence-corrected chi connectivity index (χ2v) is 5.79. The van der Waals surface area contributed by atoms with Gasteiger partial charge in [-0.2, -0.15) is 0 Å². The molecule has 2 aromatic carbocycles. The smallest absolute Gasteiger partial charge is 0.279 e. The van der Waals surface area contributed by atoms with Crippen LogP contribution in [0.3, 0.4) is 0 Å². The zero-order valence-corrected chi connectivity index (χ0v) is 14.3. The summed E-state index contributed by atoms with van der Waals surface area (Å²) < 4.78 is 5.69. The standard InChI is InChI=1S/C19H22N2O3/c1-12-9-10-14(3)17(11-12)24-15(4)18(22)20-21-19(23)16-8-6-5-7-13(16)2/h5-11,15H,1-4H3,(H,20,22)(H,21,23). The Morgan fingerprint density at radius 2 is 1.67 bits per heavy atom. The zero-order chi connectivity index (χ0) is 17.7. The van der Waals surface area contributed by atoms with E-state index in [1.165, 1.54) is 0 Å². The van der Waals surface area contributed by atoms with Crippen molar-refractivity contribution in [2.45, 2.75) is 33.8 Å². The van der Waals surface area contributed by atoms with E-state index >= 15 is 0 Å². The average molecular weight is 326 g/mol. The zero-order valence-electron chi connectivity index (χ0n) is 14.3. The topological polar surface area (TPSA) is 67.4 Å². The molecule has 5 nitrogen and oxygen atoms in total. The minimum atomic E-state index is -0.734. The van der Waals surface area contributed by atoms with Crippen molar-refractivity contribution in [2.75, 3.05) is 0 Å². The van der Waals surface area contributed by atoms with Crippen LogP contribution in [-0.4, -0.2) is 17.9 Å². The lowest BCUT2D eigenvalue weighted by molar-refractivity contribution is -0.128. The quantitative estimate of drug-likeness (QED) is 0.849. The maximum absolute atomic E-state index is 12.1. The minimum Gasteiger partial charge on any atom is -0.481 e. The van der Waals surface area contributed by atoms with Gasteiger partial charge in [0.2, 0.25) is 0 Å². The highest BCUT2D eigenvalue weighted by Crippen LogP contribution is 2.20. The largest absolute Gasteiger partial charge is 0.481 e. The second-order valence-electron chi connectivity index (χ2n) is 5.79. The molecule has 0 aliphatic rings. The van der Waals surface area contributed by atoms with Crippen molar-refractivity contribution < 1.29 is 14.3 Å².